The van der Waals surface area contributed by atoms with E-state index in [9.17, 15) is 17.4 Å². The average molecular weight is 303 g/mol. The number of hydrogen-bond acceptors (Lipinski definition) is 2. The fraction of sp³-hybridized carbons (Fsp3) is 0.571. The Balaban J connectivity index is 1.65. The molecular weight excluding hydrogens is 287 g/mol. The van der Waals surface area contributed by atoms with Gasteiger partial charge in [0, 0.05) is 18.0 Å². The molecule has 1 aromatic rings. The molecule has 3 rings (SSSR count). The van der Waals surface area contributed by atoms with Crippen molar-refractivity contribution >= 4 is 10.8 Å². The molecule has 1 atom stereocenters. The lowest BCUT2D eigenvalue weighted by atomic mass is 9.57. The molecule has 0 aromatic heterocycles. The second kappa shape index (κ2) is 4.84. The van der Waals surface area contributed by atoms with Crippen molar-refractivity contribution in [3.63, 3.8) is 0 Å². The lowest BCUT2D eigenvalue weighted by Gasteiger charge is -2.54. The van der Waals surface area contributed by atoms with Crippen LogP contribution in [0.5, 0.6) is 0 Å². The van der Waals surface area contributed by atoms with Crippen LogP contribution in [-0.2, 0) is 17.2 Å². The molecule has 110 valence electrons. The van der Waals surface area contributed by atoms with Gasteiger partial charge in [0.25, 0.3) is 0 Å². The first-order valence-corrected chi connectivity index (χ1v) is 7.81. The summed E-state index contributed by atoms with van der Waals surface area (Å²) in [4.78, 5) is -0.144. The van der Waals surface area contributed by atoms with Gasteiger partial charge >= 0.3 is 5.51 Å². The largest absolute Gasteiger partial charge is 0.475 e. The van der Waals surface area contributed by atoms with E-state index in [1.165, 1.54) is 12.1 Å². The highest BCUT2D eigenvalue weighted by Gasteiger charge is 2.47. The van der Waals surface area contributed by atoms with Crippen LogP contribution in [0.2, 0.25) is 0 Å². The van der Waals surface area contributed by atoms with Gasteiger partial charge in [-0.05, 0) is 48.3 Å². The van der Waals surface area contributed by atoms with Gasteiger partial charge in [-0.15, -0.1) is 0 Å². The molecule has 0 radical (unpaired) electrons. The minimum Gasteiger partial charge on any atom is -0.316 e. The maximum atomic E-state index is 12.5. The van der Waals surface area contributed by atoms with Gasteiger partial charge in [0.15, 0.2) is 10.8 Å². The van der Waals surface area contributed by atoms with Gasteiger partial charge in [-0.3, -0.25) is 0 Å². The van der Waals surface area contributed by atoms with Gasteiger partial charge in [-0.1, -0.05) is 12.1 Å². The van der Waals surface area contributed by atoms with Crippen molar-refractivity contribution in [2.75, 3.05) is 13.1 Å². The smallest absolute Gasteiger partial charge is 0.316 e. The summed E-state index contributed by atoms with van der Waals surface area (Å²) in [5.41, 5.74) is -3.36. The number of nitrogens with one attached hydrogen (secondary N) is 1. The third-order valence-corrected chi connectivity index (χ3v) is 5.39. The molecule has 2 nitrogen and oxygen atoms in total. The van der Waals surface area contributed by atoms with Crippen LogP contribution in [0, 0.1) is 11.3 Å². The molecule has 1 heterocycles. The van der Waals surface area contributed by atoms with Crippen molar-refractivity contribution in [1.29, 1.82) is 0 Å². The van der Waals surface area contributed by atoms with E-state index in [-0.39, 0.29) is 4.90 Å². The molecule has 0 amide bonds. The highest BCUT2D eigenvalue weighted by atomic mass is 32.2. The van der Waals surface area contributed by atoms with Crippen LogP contribution in [0.3, 0.4) is 0 Å². The summed E-state index contributed by atoms with van der Waals surface area (Å²) in [5, 5.41) is 3.26. The molecule has 1 saturated carbocycles. The Kier molecular flexibility index (Phi) is 3.41. The van der Waals surface area contributed by atoms with Crippen LogP contribution in [0.25, 0.3) is 0 Å². The van der Waals surface area contributed by atoms with Gasteiger partial charge in [-0.2, -0.15) is 13.2 Å². The predicted molar refractivity (Wildman–Crippen MR) is 70.6 cm³/mol. The van der Waals surface area contributed by atoms with E-state index in [1.54, 1.807) is 6.07 Å². The zero-order chi connectivity index (χ0) is 14.4. The second-order valence-electron chi connectivity index (χ2n) is 5.94. The molecule has 2 fully saturated rings. The fourth-order valence-corrected chi connectivity index (χ4v) is 4.06. The Morgan fingerprint density at radius 2 is 2.00 bits per heavy atom. The molecule has 1 unspecified atom stereocenters. The van der Waals surface area contributed by atoms with Crippen LogP contribution < -0.4 is 5.32 Å². The molecule has 1 spiro atoms. The van der Waals surface area contributed by atoms with Gasteiger partial charge in [0.1, 0.15) is 0 Å². The third-order valence-electron chi connectivity index (χ3n) is 4.29. The lowest BCUT2D eigenvalue weighted by Crippen LogP contribution is -2.60. The summed E-state index contributed by atoms with van der Waals surface area (Å²) in [6.45, 7) is 2.14. The van der Waals surface area contributed by atoms with E-state index < -0.39 is 16.3 Å². The Morgan fingerprint density at radius 3 is 2.55 bits per heavy atom. The monoisotopic (exact) mass is 303 g/mol. The number of rotatable bonds is 3. The van der Waals surface area contributed by atoms with Crippen molar-refractivity contribution in [2.45, 2.75) is 29.7 Å². The standard InChI is InChI=1S/C14H16F3NOS/c15-14(16,17)20(19)12-3-1-2-10(5-12)4-11-6-13(7-11)8-18-9-13/h1-3,5,11,18H,4,6-9H2. The highest BCUT2D eigenvalue weighted by molar-refractivity contribution is 7.86. The number of halogens is 3. The number of benzene rings is 1. The van der Waals surface area contributed by atoms with Crippen molar-refractivity contribution in [2.24, 2.45) is 11.3 Å². The molecule has 1 saturated heterocycles. The molecule has 1 aliphatic heterocycles. The molecule has 1 aromatic carbocycles. The summed E-state index contributed by atoms with van der Waals surface area (Å²) in [6.07, 6.45) is 3.07. The van der Waals surface area contributed by atoms with Crippen LogP contribution in [0.1, 0.15) is 18.4 Å². The first-order valence-electron chi connectivity index (χ1n) is 6.66. The SMILES string of the molecule is O=S(c1cccc(CC2CC3(CNC3)C2)c1)C(F)(F)F. The first kappa shape index (κ1) is 14.1. The van der Waals surface area contributed by atoms with Crippen molar-refractivity contribution in [3.05, 3.63) is 29.8 Å². The zero-order valence-electron chi connectivity index (χ0n) is 10.9. The van der Waals surface area contributed by atoms with E-state index in [4.69, 9.17) is 0 Å². The summed E-state index contributed by atoms with van der Waals surface area (Å²) in [6, 6.07) is 6.10. The molecule has 0 bridgehead atoms. The summed E-state index contributed by atoms with van der Waals surface area (Å²) < 4.78 is 48.7. The van der Waals surface area contributed by atoms with Crippen LogP contribution in [-0.4, -0.2) is 22.8 Å². The molecule has 1 N–H and O–H groups in total. The molecule has 2 aliphatic rings. The van der Waals surface area contributed by atoms with Gasteiger partial charge in [0.05, 0.1) is 0 Å². The first-order chi connectivity index (χ1) is 9.38. The summed E-state index contributed by atoms with van der Waals surface area (Å²) in [7, 11) is -2.93. The number of hydrogen-bond donors (Lipinski definition) is 1. The van der Waals surface area contributed by atoms with Gasteiger partial charge in [0.2, 0.25) is 0 Å². The second-order valence-corrected chi connectivity index (χ2v) is 7.42. The van der Waals surface area contributed by atoms with Crippen LogP contribution in [0.4, 0.5) is 13.2 Å². The predicted octanol–water partition coefficient (Wildman–Crippen LogP) is 2.86. The molecule has 20 heavy (non-hydrogen) atoms. The maximum absolute atomic E-state index is 12.5. The fourth-order valence-electron chi connectivity index (χ4n) is 3.33. The van der Waals surface area contributed by atoms with Gasteiger partial charge < -0.3 is 5.32 Å². The highest BCUT2D eigenvalue weighted by Crippen LogP contribution is 2.49. The van der Waals surface area contributed by atoms with E-state index in [1.807, 2.05) is 6.07 Å². The maximum Gasteiger partial charge on any atom is 0.475 e. The number of alkyl halides is 3. The van der Waals surface area contributed by atoms with Gasteiger partial charge in [-0.25, -0.2) is 4.21 Å². The van der Waals surface area contributed by atoms with Crippen molar-refractivity contribution < 1.29 is 17.4 Å². The summed E-state index contributed by atoms with van der Waals surface area (Å²) >= 11 is 0. The minimum atomic E-state index is -4.68. The van der Waals surface area contributed by atoms with Crippen LogP contribution in [0.15, 0.2) is 29.2 Å². The van der Waals surface area contributed by atoms with E-state index in [0.717, 1.165) is 37.9 Å². The normalized spacial score (nSPS) is 23.1. The van der Waals surface area contributed by atoms with Crippen molar-refractivity contribution in [1.82, 2.24) is 5.32 Å². The lowest BCUT2D eigenvalue weighted by molar-refractivity contribution is -0.0384. The Morgan fingerprint density at radius 1 is 1.30 bits per heavy atom. The Bertz CT molecular complexity index is 531. The minimum absolute atomic E-state index is 0.144. The summed E-state index contributed by atoms with van der Waals surface area (Å²) in [5.74, 6) is 0.548. The molecule has 6 heteroatoms. The van der Waals surface area contributed by atoms with E-state index in [0.29, 0.717) is 11.3 Å². The Labute approximate surface area is 118 Å². The topological polar surface area (TPSA) is 29.1 Å². The average Bonchev–Trinajstić information content (AvgIpc) is 2.29. The van der Waals surface area contributed by atoms with E-state index in [2.05, 4.69) is 5.32 Å². The van der Waals surface area contributed by atoms with Crippen molar-refractivity contribution in [3.8, 4) is 0 Å². The third kappa shape index (κ3) is 2.63. The molecular formula is C14H16F3NOS. The van der Waals surface area contributed by atoms with E-state index >= 15 is 0 Å². The quantitative estimate of drug-likeness (QED) is 0.930. The Hall–Kier alpha value is -0.880. The zero-order valence-corrected chi connectivity index (χ0v) is 11.7. The molecule has 1 aliphatic carbocycles. The van der Waals surface area contributed by atoms with Crippen LogP contribution >= 0.6 is 0 Å².